The lowest BCUT2D eigenvalue weighted by atomic mass is 9.87. The number of guanidine groups is 1. The van der Waals surface area contributed by atoms with Gasteiger partial charge in [-0.25, -0.2) is 4.99 Å². The maximum Gasteiger partial charge on any atom is 0.251 e. The van der Waals surface area contributed by atoms with Crippen molar-refractivity contribution in [1.29, 1.82) is 0 Å². The molecule has 1 unspecified atom stereocenters. The summed E-state index contributed by atoms with van der Waals surface area (Å²) in [6, 6.07) is 14.4. The summed E-state index contributed by atoms with van der Waals surface area (Å²) in [5, 5.41) is 13.5. The number of benzene rings is 2. The van der Waals surface area contributed by atoms with Crippen molar-refractivity contribution in [3.8, 4) is 0 Å². The first-order valence-electron chi connectivity index (χ1n) is 12.7. The third-order valence-corrected chi connectivity index (χ3v) is 7.56. The van der Waals surface area contributed by atoms with Crippen LogP contribution < -0.4 is 11.1 Å². The Balaban J connectivity index is 1.60. The first-order valence-corrected chi connectivity index (χ1v) is 12.7. The predicted octanol–water partition coefficient (Wildman–Crippen LogP) is 4.02. The first-order chi connectivity index (χ1) is 16.8. The average molecular weight is 477 g/mol. The molecule has 2 amide bonds. The number of nitrogens with zero attached hydrogens (tertiary/aromatic N) is 2. The second-order valence-electron chi connectivity index (χ2n) is 9.69. The molecule has 0 saturated carbocycles. The number of nitrogens with one attached hydrogen (secondary N) is 1. The quantitative estimate of drug-likeness (QED) is 0.535. The molecule has 2 aliphatic rings. The van der Waals surface area contributed by atoms with E-state index in [4.69, 9.17) is 10.7 Å². The van der Waals surface area contributed by atoms with Gasteiger partial charge in [-0.15, -0.1) is 0 Å². The van der Waals surface area contributed by atoms with E-state index in [0.29, 0.717) is 24.8 Å². The molecule has 1 heterocycles. The van der Waals surface area contributed by atoms with Gasteiger partial charge in [0.1, 0.15) is 0 Å². The smallest absolute Gasteiger partial charge is 0.251 e. The normalized spacial score (nSPS) is 21.9. The Bertz CT molecular complexity index is 1120. The summed E-state index contributed by atoms with van der Waals surface area (Å²) < 4.78 is 0. The van der Waals surface area contributed by atoms with E-state index >= 15 is 0 Å². The Hall–Kier alpha value is -3.19. The molecular weight excluding hydrogens is 440 g/mol. The van der Waals surface area contributed by atoms with Crippen LogP contribution in [0.2, 0.25) is 0 Å². The molecule has 2 aromatic rings. The van der Waals surface area contributed by atoms with Gasteiger partial charge in [-0.05, 0) is 48.1 Å². The van der Waals surface area contributed by atoms with Gasteiger partial charge in [0.2, 0.25) is 5.91 Å². The van der Waals surface area contributed by atoms with Crippen LogP contribution in [0.15, 0.2) is 53.5 Å². The molecule has 7 nitrogen and oxygen atoms in total. The number of amides is 2. The Morgan fingerprint density at radius 3 is 2.63 bits per heavy atom. The number of nitrogens with two attached hydrogens (primary N) is 1. The molecule has 1 aliphatic heterocycles. The fourth-order valence-electron chi connectivity index (χ4n) is 5.40. The van der Waals surface area contributed by atoms with Crippen LogP contribution in [0.4, 0.5) is 0 Å². The monoisotopic (exact) mass is 476 g/mol. The number of carbonyl (C=O) groups excluding carboxylic acids is 2. The summed E-state index contributed by atoms with van der Waals surface area (Å²) in [6.45, 7) is 6.13. The molecule has 2 aromatic carbocycles. The van der Waals surface area contributed by atoms with E-state index < -0.39 is 17.7 Å². The molecule has 4 N–H and O–H groups in total. The molecular formula is C28H36N4O3. The number of carbonyl (C=O) groups is 2. The molecule has 35 heavy (non-hydrogen) atoms. The second-order valence-corrected chi connectivity index (χ2v) is 9.69. The zero-order valence-corrected chi connectivity index (χ0v) is 20.8. The lowest BCUT2D eigenvalue weighted by Gasteiger charge is -2.40. The summed E-state index contributed by atoms with van der Waals surface area (Å²) >= 11 is 0. The zero-order chi connectivity index (χ0) is 25.2. The standard InChI is InChI=1S/C28H36N4O3/c1-4-10-22(32-24(34)17-28(5-2,6-3)31-27(32)29)19-12-9-13-20(15-19)26(35)30-25-21-14-8-7-11-18(21)16-23(25)33/h7-9,11-15,22-23,25,33H,4-6,10,16-17H2,1-3H3,(H2,29,31)(H,30,35)/t22?,23-,25-/m1/s1. The molecule has 3 atom stereocenters. The van der Waals surface area contributed by atoms with Gasteiger partial charge in [0.15, 0.2) is 5.96 Å². The highest BCUT2D eigenvalue weighted by Gasteiger charge is 2.40. The van der Waals surface area contributed by atoms with Gasteiger partial charge in [-0.1, -0.05) is 63.6 Å². The van der Waals surface area contributed by atoms with Crippen molar-refractivity contribution < 1.29 is 14.7 Å². The summed E-state index contributed by atoms with van der Waals surface area (Å²) in [4.78, 5) is 32.9. The summed E-state index contributed by atoms with van der Waals surface area (Å²) in [5.41, 5.74) is 9.28. The third kappa shape index (κ3) is 4.82. The van der Waals surface area contributed by atoms with E-state index in [0.717, 1.165) is 36.0 Å². The highest BCUT2D eigenvalue weighted by molar-refractivity contribution is 6.00. The van der Waals surface area contributed by atoms with Crippen molar-refractivity contribution in [1.82, 2.24) is 10.2 Å². The lowest BCUT2D eigenvalue weighted by Crippen LogP contribution is -2.52. The topological polar surface area (TPSA) is 108 Å². The third-order valence-electron chi connectivity index (χ3n) is 7.56. The van der Waals surface area contributed by atoms with E-state index in [9.17, 15) is 14.7 Å². The van der Waals surface area contributed by atoms with E-state index in [2.05, 4.69) is 12.2 Å². The number of aliphatic hydroxyl groups is 1. The Labute approximate surface area is 207 Å². The van der Waals surface area contributed by atoms with Gasteiger partial charge < -0.3 is 16.2 Å². The van der Waals surface area contributed by atoms with E-state index in [1.165, 1.54) is 0 Å². The minimum absolute atomic E-state index is 0.0276. The minimum atomic E-state index is -0.660. The van der Waals surface area contributed by atoms with Crippen LogP contribution in [0.3, 0.4) is 0 Å². The molecule has 0 saturated heterocycles. The van der Waals surface area contributed by atoms with Crippen molar-refractivity contribution in [2.24, 2.45) is 10.7 Å². The number of aliphatic imine (C=N–C) groups is 1. The molecule has 0 fully saturated rings. The van der Waals surface area contributed by atoms with Crippen LogP contribution in [-0.2, 0) is 11.2 Å². The van der Waals surface area contributed by atoms with Gasteiger partial charge in [-0.2, -0.15) is 0 Å². The molecule has 0 aromatic heterocycles. The second kappa shape index (κ2) is 10.2. The van der Waals surface area contributed by atoms with Crippen molar-refractivity contribution in [2.75, 3.05) is 0 Å². The van der Waals surface area contributed by atoms with Gasteiger partial charge in [0.25, 0.3) is 5.91 Å². The summed E-state index contributed by atoms with van der Waals surface area (Å²) in [7, 11) is 0. The van der Waals surface area contributed by atoms with E-state index in [-0.39, 0.29) is 23.8 Å². The maximum absolute atomic E-state index is 13.3. The first kappa shape index (κ1) is 24.9. The van der Waals surface area contributed by atoms with Gasteiger partial charge in [-0.3, -0.25) is 14.5 Å². The summed E-state index contributed by atoms with van der Waals surface area (Å²) in [5.74, 6) is -0.0328. The van der Waals surface area contributed by atoms with Crippen molar-refractivity contribution in [2.45, 2.75) is 83.0 Å². The number of hydrogen-bond acceptors (Lipinski definition) is 5. The summed E-state index contributed by atoms with van der Waals surface area (Å²) in [6.07, 6.45) is 3.25. The Morgan fingerprint density at radius 1 is 1.20 bits per heavy atom. The maximum atomic E-state index is 13.3. The van der Waals surface area contributed by atoms with Crippen LogP contribution in [0.5, 0.6) is 0 Å². The molecule has 7 heteroatoms. The van der Waals surface area contributed by atoms with Crippen LogP contribution in [-0.4, -0.2) is 39.4 Å². The average Bonchev–Trinajstić information content (AvgIpc) is 3.17. The number of aliphatic hydroxyl groups excluding tert-OH is 1. The fourth-order valence-corrected chi connectivity index (χ4v) is 5.40. The number of fused-ring (bicyclic) bond motifs is 1. The van der Waals surface area contributed by atoms with Crippen LogP contribution in [0.25, 0.3) is 0 Å². The zero-order valence-electron chi connectivity index (χ0n) is 20.8. The highest BCUT2D eigenvalue weighted by atomic mass is 16.3. The molecule has 4 rings (SSSR count). The largest absolute Gasteiger partial charge is 0.390 e. The molecule has 0 bridgehead atoms. The molecule has 0 radical (unpaired) electrons. The van der Waals surface area contributed by atoms with E-state index in [1.54, 1.807) is 11.0 Å². The van der Waals surface area contributed by atoms with Gasteiger partial charge in [0.05, 0.1) is 30.1 Å². The number of hydrogen-bond donors (Lipinski definition) is 3. The van der Waals surface area contributed by atoms with Crippen LogP contribution in [0.1, 0.15) is 92.0 Å². The van der Waals surface area contributed by atoms with Crippen LogP contribution >= 0.6 is 0 Å². The number of rotatable bonds is 8. The van der Waals surface area contributed by atoms with Crippen molar-refractivity contribution in [3.63, 3.8) is 0 Å². The van der Waals surface area contributed by atoms with E-state index in [1.807, 2.05) is 56.3 Å². The van der Waals surface area contributed by atoms with Crippen molar-refractivity contribution in [3.05, 3.63) is 70.8 Å². The molecule has 186 valence electrons. The predicted molar refractivity (Wildman–Crippen MR) is 137 cm³/mol. The lowest BCUT2D eigenvalue weighted by molar-refractivity contribution is -0.131. The fraction of sp³-hybridized carbons (Fsp3) is 0.464. The highest BCUT2D eigenvalue weighted by Crippen LogP contribution is 2.35. The Kier molecular flexibility index (Phi) is 7.26. The van der Waals surface area contributed by atoms with Crippen molar-refractivity contribution >= 4 is 17.8 Å². The molecule has 0 spiro atoms. The SMILES string of the molecule is CCCC(c1cccc(C(=O)N[C@@H]2c3ccccc3C[C@H]2O)c1)N1C(=O)CC(CC)(CC)N=C1N. The van der Waals surface area contributed by atoms with Crippen LogP contribution in [0, 0.1) is 0 Å². The van der Waals surface area contributed by atoms with Gasteiger partial charge >= 0.3 is 0 Å². The molecule has 1 aliphatic carbocycles. The Morgan fingerprint density at radius 2 is 1.94 bits per heavy atom. The minimum Gasteiger partial charge on any atom is -0.390 e. The van der Waals surface area contributed by atoms with Gasteiger partial charge in [0, 0.05) is 12.0 Å².